The molecule has 0 aliphatic carbocycles. The molecule has 0 radical (unpaired) electrons. The second-order valence-electron chi connectivity index (χ2n) is 2.94. The topological polar surface area (TPSA) is 66.5 Å². The molecule has 0 amide bonds. The molecule has 0 fully saturated rings. The van der Waals surface area contributed by atoms with Crippen LogP contribution in [0.5, 0.6) is 11.5 Å². The quantitative estimate of drug-likeness (QED) is 0.653. The van der Waals surface area contributed by atoms with E-state index < -0.39 is 23.7 Å². The third-order valence-electron chi connectivity index (χ3n) is 1.83. The summed E-state index contributed by atoms with van der Waals surface area (Å²) in [5, 5.41) is 18.2. The summed E-state index contributed by atoms with van der Waals surface area (Å²) in [5.41, 5.74) is 4.42. The predicted octanol–water partition coefficient (Wildman–Crippen LogP) is 1.54. The standard InChI is InChI=1S/C9H11F2NO2/c10-9(11,3-4-12)7-5-6(13)1-2-8(7)14/h1-2,5,13-14H,3-4,12H2. The zero-order valence-corrected chi connectivity index (χ0v) is 7.37. The van der Waals surface area contributed by atoms with Crippen molar-refractivity contribution in [1.29, 1.82) is 0 Å². The molecule has 14 heavy (non-hydrogen) atoms. The summed E-state index contributed by atoms with van der Waals surface area (Å²) in [6.45, 7) is -0.192. The molecule has 78 valence electrons. The fourth-order valence-electron chi connectivity index (χ4n) is 1.13. The third kappa shape index (κ3) is 2.11. The molecule has 4 N–H and O–H groups in total. The molecule has 0 saturated carbocycles. The second-order valence-corrected chi connectivity index (χ2v) is 2.94. The summed E-state index contributed by atoms with van der Waals surface area (Å²) in [6, 6.07) is 3.00. The Kier molecular flexibility index (Phi) is 2.90. The number of halogens is 2. The highest BCUT2D eigenvalue weighted by atomic mass is 19.3. The fraction of sp³-hybridized carbons (Fsp3) is 0.333. The highest BCUT2D eigenvalue weighted by Gasteiger charge is 2.33. The lowest BCUT2D eigenvalue weighted by Gasteiger charge is -2.16. The average molecular weight is 203 g/mol. The number of rotatable bonds is 3. The molecule has 0 spiro atoms. The van der Waals surface area contributed by atoms with Crippen LogP contribution in [0.15, 0.2) is 18.2 Å². The minimum absolute atomic E-state index is 0.192. The first-order valence-corrected chi connectivity index (χ1v) is 4.08. The van der Waals surface area contributed by atoms with Gasteiger partial charge in [0.25, 0.3) is 5.92 Å². The average Bonchev–Trinajstić information content (AvgIpc) is 2.09. The SMILES string of the molecule is NCCC(F)(F)c1cc(O)ccc1O. The first-order chi connectivity index (χ1) is 6.47. The van der Waals surface area contributed by atoms with Gasteiger partial charge in [-0.2, -0.15) is 0 Å². The zero-order chi connectivity index (χ0) is 10.8. The van der Waals surface area contributed by atoms with E-state index >= 15 is 0 Å². The number of hydrogen-bond donors (Lipinski definition) is 3. The Morgan fingerprint density at radius 2 is 1.93 bits per heavy atom. The van der Waals surface area contributed by atoms with E-state index in [1.54, 1.807) is 0 Å². The number of alkyl halides is 2. The Morgan fingerprint density at radius 1 is 1.29 bits per heavy atom. The van der Waals surface area contributed by atoms with Crippen molar-refractivity contribution >= 4 is 0 Å². The van der Waals surface area contributed by atoms with Crippen molar-refractivity contribution in [2.24, 2.45) is 5.73 Å². The molecule has 5 heteroatoms. The number of hydrogen-bond acceptors (Lipinski definition) is 3. The van der Waals surface area contributed by atoms with Crippen LogP contribution in [-0.4, -0.2) is 16.8 Å². The molecule has 0 atom stereocenters. The van der Waals surface area contributed by atoms with Crippen molar-refractivity contribution in [3.8, 4) is 11.5 Å². The van der Waals surface area contributed by atoms with E-state index in [-0.39, 0.29) is 12.3 Å². The van der Waals surface area contributed by atoms with Gasteiger partial charge in [-0.3, -0.25) is 0 Å². The lowest BCUT2D eigenvalue weighted by molar-refractivity contribution is -0.0129. The Hall–Kier alpha value is -1.36. The maximum absolute atomic E-state index is 13.2. The Balaban J connectivity index is 3.10. The minimum Gasteiger partial charge on any atom is -0.508 e. The highest BCUT2D eigenvalue weighted by molar-refractivity contribution is 5.41. The van der Waals surface area contributed by atoms with Crippen LogP contribution in [0.4, 0.5) is 8.78 Å². The van der Waals surface area contributed by atoms with E-state index in [0.717, 1.165) is 18.2 Å². The normalized spacial score (nSPS) is 11.6. The Labute approximate surface area is 79.8 Å². The predicted molar refractivity (Wildman–Crippen MR) is 47.3 cm³/mol. The van der Waals surface area contributed by atoms with Crippen LogP contribution in [-0.2, 0) is 5.92 Å². The minimum atomic E-state index is -3.21. The maximum atomic E-state index is 13.2. The van der Waals surface area contributed by atoms with Crippen LogP contribution in [0.25, 0.3) is 0 Å². The highest BCUT2D eigenvalue weighted by Crippen LogP contribution is 2.38. The van der Waals surface area contributed by atoms with Gasteiger partial charge in [-0.25, -0.2) is 8.78 Å². The van der Waals surface area contributed by atoms with Crippen molar-refractivity contribution in [2.45, 2.75) is 12.3 Å². The monoisotopic (exact) mass is 203 g/mol. The van der Waals surface area contributed by atoms with Gasteiger partial charge >= 0.3 is 0 Å². The zero-order valence-electron chi connectivity index (χ0n) is 7.37. The van der Waals surface area contributed by atoms with Gasteiger partial charge in [0.05, 0.1) is 5.56 Å². The number of aromatic hydroxyl groups is 2. The van der Waals surface area contributed by atoms with Gasteiger partial charge in [-0.15, -0.1) is 0 Å². The van der Waals surface area contributed by atoms with E-state index in [1.807, 2.05) is 0 Å². The van der Waals surface area contributed by atoms with Crippen LogP contribution in [0.2, 0.25) is 0 Å². The molecule has 1 aromatic carbocycles. The van der Waals surface area contributed by atoms with Gasteiger partial charge in [-0.05, 0) is 24.7 Å². The number of phenols is 2. The Bertz CT molecular complexity index is 329. The summed E-state index contributed by atoms with van der Waals surface area (Å²) in [4.78, 5) is 0. The molecule has 3 nitrogen and oxygen atoms in total. The molecular weight excluding hydrogens is 192 g/mol. The van der Waals surface area contributed by atoms with Crippen LogP contribution in [0.1, 0.15) is 12.0 Å². The summed E-state index contributed by atoms with van der Waals surface area (Å²) < 4.78 is 26.5. The van der Waals surface area contributed by atoms with Gasteiger partial charge in [0.2, 0.25) is 0 Å². The van der Waals surface area contributed by atoms with Crippen molar-refractivity contribution in [1.82, 2.24) is 0 Å². The van der Waals surface area contributed by atoms with Crippen molar-refractivity contribution in [3.63, 3.8) is 0 Å². The molecule has 0 aliphatic rings. The third-order valence-corrected chi connectivity index (χ3v) is 1.83. The first-order valence-electron chi connectivity index (χ1n) is 4.08. The van der Waals surface area contributed by atoms with Gasteiger partial charge in [0, 0.05) is 6.42 Å². The first kappa shape index (κ1) is 10.7. The molecule has 0 saturated heterocycles. The second kappa shape index (κ2) is 3.79. The lowest BCUT2D eigenvalue weighted by Crippen LogP contribution is -2.18. The number of benzene rings is 1. The molecule has 0 aliphatic heterocycles. The van der Waals surface area contributed by atoms with E-state index in [2.05, 4.69) is 0 Å². The summed E-state index contributed by atoms with van der Waals surface area (Å²) >= 11 is 0. The van der Waals surface area contributed by atoms with Crippen LogP contribution in [0.3, 0.4) is 0 Å². The number of nitrogens with two attached hydrogens (primary N) is 1. The largest absolute Gasteiger partial charge is 0.508 e. The summed E-state index contributed by atoms with van der Waals surface area (Å²) in [6.07, 6.45) is -0.565. The van der Waals surface area contributed by atoms with E-state index in [0.29, 0.717) is 0 Å². The lowest BCUT2D eigenvalue weighted by atomic mass is 10.0. The molecule has 1 rings (SSSR count). The van der Waals surface area contributed by atoms with Crippen molar-refractivity contribution < 1.29 is 19.0 Å². The fourth-order valence-corrected chi connectivity index (χ4v) is 1.13. The molecular formula is C9H11F2NO2. The molecule has 0 heterocycles. The van der Waals surface area contributed by atoms with Crippen LogP contribution >= 0.6 is 0 Å². The number of phenolic OH excluding ortho intramolecular Hbond substituents is 2. The summed E-state index contributed by atoms with van der Waals surface area (Å²) in [7, 11) is 0. The smallest absolute Gasteiger partial charge is 0.278 e. The van der Waals surface area contributed by atoms with E-state index in [1.165, 1.54) is 0 Å². The van der Waals surface area contributed by atoms with E-state index in [9.17, 15) is 8.78 Å². The van der Waals surface area contributed by atoms with Gasteiger partial charge in [0.15, 0.2) is 0 Å². The van der Waals surface area contributed by atoms with Crippen LogP contribution in [0, 0.1) is 0 Å². The van der Waals surface area contributed by atoms with Crippen molar-refractivity contribution in [3.05, 3.63) is 23.8 Å². The van der Waals surface area contributed by atoms with Crippen molar-refractivity contribution in [2.75, 3.05) is 6.54 Å². The molecule has 0 aromatic heterocycles. The molecule has 1 aromatic rings. The molecule has 0 unspecified atom stereocenters. The Morgan fingerprint density at radius 3 is 2.50 bits per heavy atom. The van der Waals surface area contributed by atoms with Gasteiger partial charge in [-0.1, -0.05) is 0 Å². The van der Waals surface area contributed by atoms with Gasteiger partial charge in [0.1, 0.15) is 11.5 Å². The van der Waals surface area contributed by atoms with Gasteiger partial charge < -0.3 is 15.9 Å². The van der Waals surface area contributed by atoms with E-state index in [4.69, 9.17) is 15.9 Å². The summed E-state index contributed by atoms with van der Waals surface area (Å²) in [5.74, 6) is -4.06. The maximum Gasteiger partial charge on any atom is 0.278 e. The molecule has 0 bridgehead atoms. The van der Waals surface area contributed by atoms with Crippen LogP contribution < -0.4 is 5.73 Å².